The van der Waals surface area contributed by atoms with E-state index in [1.165, 1.54) is 16.9 Å². The van der Waals surface area contributed by atoms with E-state index in [9.17, 15) is 20.1 Å². The highest BCUT2D eigenvalue weighted by atomic mass is 32.1. The number of anilines is 1. The van der Waals surface area contributed by atoms with E-state index in [-0.39, 0.29) is 33.2 Å². The highest BCUT2D eigenvalue weighted by Crippen LogP contribution is 2.31. The van der Waals surface area contributed by atoms with Crippen LogP contribution >= 0.6 is 11.3 Å². The molecule has 0 spiro atoms. The van der Waals surface area contributed by atoms with Crippen molar-refractivity contribution >= 4 is 17.2 Å². The van der Waals surface area contributed by atoms with Crippen molar-refractivity contribution in [2.75, 3.05) is 5.73 Å². The Morgan fingerprint density at radius 2 is 1.58 bits per heavy atom. The van der Waals surface area contributed by atoms with E-state index in [1.807, 2.05) is 42.5 Å². The second-order valence-electron chi connectivity index (χ2n) is 7.57. The number of nitrogens with two attached hydrogens (primary N) is 1. The Balaban J connectivity index is 1.64. The second-order valence-corrected chi connectivity index (χ2v) is 8.44. The van der Waals surface area contributed by atoms with Gasteiger partial charge in [-0.05, 0) is 23.8 Å². The van der Waals surface area contributed by atoms with Crippen LogP contribution in [0.2, 0.25) is 0 Å². The molecule has 9 nitrogen and oxygen atoms in total. The van der Waals surface area contributed by atoms with Gasteiger partial charge in [0.2, 0.25) is 0 Å². The fourth-order valence-electron chi connectivity index (χ4n) is 3.84. The van der Waals surface area contributed by atoms with Crippen molar-refractivity contribution in [3.8, 4) is 45.3 Å². The summed E-state index contributed by atoms with van der Waals surface area (Å²) >= 11 is 1.16. The van der Waals surface area contributed by atoms with Gasteiger partial charge < -0.3 is 5.73 Å². The van der Waals surface area contributed by atoms with Crippen molar-refractivity contribution in [2.45, 2.75) is 0 Å². The Kier molecular flexibility index (Phi) is 5.71. The molecule has 172 valence electrons. The van der Waals surface area contributed by atoms with Gasteiger partial charge in [0.1, 0.15) is 29.1 Å². The number of pyridine rings is 1. The Morgan fingerprint density at radius 3 is 2.22 bits per heavy atom. The third kappa shape index (κ3) is 3.74. The van der Waals surface area contributed by atoms with Crippen molar-refractivity contribution in [3.05, 3.63) is 110 Å². The first-order valence-electron chi connectivity index (χ1n) is 10.6. The largest absolute Gasteiger partial charge is 0.384 e. The minimum atomic E-state index is -0.670. The topological polar surface area (TPSA) is 143 Å². The molecule has 0 fully saturated rings. The number of nitriles is 2. The second kappa shape index (κ2) is 9.14. The first-order valence-corrected chi connectivity index (χ1v) is 11.5. The molecule has 3 heterocycles. The number of hydrogen-bond donors (Lipinski definition) is 1. The molecule has 0 aliphatic heterocycles. The van der Waals surface area contributed by atoms with E-state index in [4.69, 9.17) is 5.73 Å². The third-order valence-electron chi connectivity index (χ3n) is 5.52. The van der Waals surface area contributed by atoms with E-state index < -0.39 is 5.56 Å². The lowest BCUT2D eigenvalue weighted by atomic mass is 9.96. The number of nitrogen functional groups attached to an aromatic ring is 1. The van der Waals surface area contributed by atoms with Gasteiger partial charge in [-0.15, -0.1) is 11.3 Å². The number of aromatic nitrogens is 4. The summed E-state index contributed by atoms with van der Waals surface area (Å²) in [5.74, 6) is -0.107. The highest BCUT2D eigenvalue weighted by molar-refractivity contribution is 7.12. The molecule has 0 saturated carbocycles. The van der Waals surface area contributed by atoms with Gasteiger partial charge in [0, 0.05) is 28.8 Å². The lowest BCUT2D eigenvalue weighted by Crippen LogP contribution is -2.26. The predicted octanol–water partition coefficient (Wildman–Crippen LogP) is 3.50. The summed E-state index contributed by atoms with van der Waals surface area (Å²) in [6, 6.07) is 23.0. The van der Waals surface area contributed by atoms with Crippen LogP contribution in [0.15, 0.2) is 87.9 Å². The first-order chi connectivity index (χ1) is 17.5. The summed E-state index contributed by atoms with van der Waals surface area (Å²) in [4.78, 5) is 29.8. The molecular weight excluding hydrogens is 474 g/mol. The van der Waals surface area contributed by atoms with Gasteiger partial charge in [-0.3, -0.25) is 9.59 Å². The molecule has 10 heteroatoms. The molecule has 2 N–H and O–H groups in total. The summed E-state index contributed by atoms with van der Waals surface area (Å²) in [6.07, 6.45) is 1.50. The van der Waals surface area contributed by atoms with E-state index in [2.05, 4.69) is 10.1 Å². The number of hydrogen-bond acceptors (Lipinski definition) is 8. The Morgan fingerprint density at radius 1 is 0.861 bits per heavy atom. The number of rotatable bonds is 4. The van der Waals surface area contributed by atoms with Crippen LogP contribution in [0.25, 0.3) is 33.2 Å². The molecule has 0 unspecified atom stereocenters. The van der Waals surface area contributed by atoms with Crippen LogP contribution in [0.4, 0.5) is 5.82 Å². The van der Waals surface area contributed by atoms with Gasteiger partial charge in [-0.25, -0.2) is 9.55 Å². The van der Waals surface area contributed by atoms with E-state index in [0.717, 1.165) is 21.5 Å². The van der Waals surface area contributed by atoms with Gasteiger partial charge in [0.15, 0.2) is 5.13 Å². The van der Waals surface area contributed by atoms with Crippen molar-refractivity contribution in [2.24, 2.45) is 0 Å². The van der Waals surface area contributed by atoms with Crippen LogP contribution in [0.1, 0.15) is 11.1 Å². The fourth-order valence-corrected chi connectivity index (χ4v) is 4.49. The Hall–Kier alpha value is -5.32. The molecule has 0 bridgehead atoms. The number of thiazole rings is 1. The van der Waals surface area contributed by atoms with E-state index in [0.29, 0.717) is 16.9 Å². The average Bonchev–Trinajstić information content (AvgIpc) is 3.44. The van der Waals surface area contributed by atoms with Crippen LogP contribution in [0.3, 0.4) is 0 Å². The van der Waals surface area contributed by atoms with Crippen LogP contribution in [-0.2, 0) is 0 Å². The van der Waals surface area contributed by atoms with Crippen LogP contribution in [0, 0.1) is 22.7 Å². The van der Waals surface area contributed by atoms with Crippen LogP contribution in [-0.4, -0.2) is 19.3 Å². The zero-order valence-electron chi connectivity index (χ0n) is 18.5. The predicted molar refractivity (Wildman–Crippen MR) is 136 cm³/mol. The van der Waals surface area contributed by atoms with Crippen molar-refractivity contribution < 1.29 is 0 Å². The lowest BCUT2D eigenvalue weighted by molar-refractivity contribution is 0.812. The third-order valence-corrected chi connectivity index (χ3v) is 6.28. The Bertz CT molecular complexity index is 1790. The SMILES string of the molecule is N#Cc1c(-c2ccc(-n3nc(-c4ccccc4)ccc3=O)cc2)c(C#N)c(=O)n(-c2nccs2)c1N. The molecule has 0 aliphatic rings. The molecule has 3 aromatic heterocycles. The van der Waals surface area contributed by atoms with Crippen LogP contribution in [0.5, 0.6) is 0 Å². The maximum absolute atomic E-state index is 13.1. The van der Waals surface area contributed by atoms with Gasteiger partial charge >= 0.3 is 0 Å². The van der Waals surface area contributed by atoms with E-state index in [1.54, 1.807) is 35.7 Å². The monoisotopic (exact) mass is 489 g/mol. The maximum atomic E-state index is 13.1. The Labute approximate surface area is 208 Å². The molecule has 0 aliphatic carbocycles. The normalized spacial score (nSPS) is 10.5. The zero-order valence-corrected chi connectivity index (χ0v) is 19.3. The molecule has 5 aromatic rings. The standard InChI is InChI=1S/C26H15N7O2S/c27-14-19-23(20(15-28)25(35)32(24(19)29)26-30-12-13-36-26)17-6-8-18(9-7-17)33-22(34)11-10-21(31-33)16-4-2-1-3-5-16/h1-13H,29H2. The van der Waals surface area contributed by atoms with Crippen molar-refractivity contribution in [1.82, 2.24) is 19.3 Å². The molecule has 36 heavy (non-hydrogen) atoms. The first kappa shape index (κ1) is 22.5. The molecular formula is C26H15N7O2S. The van der Waals surface area contributed by atoms with Gasteiger partial charge in [-0.2, -0.15) is 20.3 Å². The summed E-state index contributed by atoms with van der Waals surface area (Å²) in [5, 5.41) is 26.1. The summed E-state index contributed by atoms with van der Waals surface area (Å²) in [7, 11) is 0. The smallest absolute Gasteiger partial charge is 0.277 e. The van der Waals surface area contributed by atoms with Crippen LogP contribution < -0.4 is 16.9 Å². The van der Waals surface area contributed by atoms with Crippen molar-refractivity contribution in [3.63, 3.8) is 0 Å². The minimum Gasteiger partial charge on any atom is -0.384 e. The van der Waals surface area contributed by atoms with Crippen molar-refractivity contribution in [1.29, 1.82) is 10.5 Å². The number of nitrogens with zero attached hydrogens (tertiary/aromatic N) is 6. The lowest BCUT2D eigenvalue weighted by Gasteiger charge is -2.14. The molecule has 0 saturated heterocycles. The average molecular weight is 490 g/mol. The highest BCUT2D eigenvalue weighted by Gasteiger charge is 2.23. The van der Waals surface area contributed by atoms with Gasteiger partial charge in [0.05, 0.1) is 11.4 Å². The zero-order chi connectivity index (χ0) is 25.2. The van der Waals surface area contributed by atoms with E-state index >= 15 is 0 Å². The minimum absolute atomic E-state index is 0.0181. The maximum Gasteiger partial charge on any atom is 0.277 e. The molecule has 2 aromatic carbocycles. The molecule has 0 radical (unpaired) electrons. The molecule has 0 atom stereocenters. The quantitative estimate of drug-likeness (QED) is 0.407. The number of benzene rings is 2. The summed E-state index contributed by atoms with van der Waals surface area (Å²) in [5.41, 5.74) is 7.46. The summed E-state index contributed by atoms with van der Waals surface area (Å²) in [6.45, 7) is 0. The van der Waals surface area contributed by atoms with Gasteiger partial charge in [-0.1, -0.05) is 42.5 Å². The molecule has 0 amide bonds. The fraction of sp³-hybridized carbons (Fsp3) is 0. The summed E-state index contributed by atoms with van der Waals surface area (Å²) < 4.78 is 2.33. The molecule has 5 rings (SSSR count). The van der Waals surface area contributed by atoms with Gasteiger partial charge in [0.25, 0.3) is 11.1 Å².